The number of nitrogens with zero attached hydrogens (tertiary/aromatic N) is 1. The molecule has 0 saturated heterocycles. The van der Waals surface area contributed by atoms with Crippen LogP contribution in [0.25, 0.3) is 0 Å². The maximum Gasteiger partial charge on any atom is 0.0451 e. The zero-order valence-electron chi connectivity index (χ0n) is 10.7. The summed E-state index contributed by atoms with van der Waals surface area (Å²) in [7, 11) is 0. The van der Waals surface area contributed by atoms with Gasteiger partial charge < -0.3 is 5.73 Å². The Morgan fingerprint density at radius 1 is 1.28 bits per heavy atom. The van der Waals surface area contributed by atoms with Crippen molar-refractivity contribution in [1.82, 2.24) is 4.98 Å². The normalized spacial score (nSPS) is 12.4. The van der Waals surface area contributed by atoms with Gasteiger partial charge in [-0.1, -0.05) is 34.1 Å². The summed E-state index contributed by atoms with van der Waals surface area (Å²) < 4.78 is 1.07. The van der Waals surface area contributed by atoms with Crippen LogP contribution < -0.4 is 5.73 Å². The van der Waals surface area contributed by atoms with Gasteiger partial charge in [0.2, 0.25) is 0 Å². The molecule has 1 aromatic heterocycles. The van der Waals surface area contributed by atoms with Gasteiger partial charge in [-0.05, 0) is 42.7 Å². The number of rotatable bonds is 3. The lowest BCUT2D eigenvalue weighted by Crippen LogP contribution is -2.15. The highest BCUT2D eigenvalue weighted by atomic mass is 79.9. The smallest absolute Gasteiger partial charge is 0.0451 e. The summed E-state index contributed by atoms with van der Waals surface area (Å²) in [5.41, 5.74) is 10.9. The van der Waals surface area contributed by atoms with Crippen molar-refractivity contribution in [3.8, 4) is 0 Å². The van der Waals surface area contributed by atoms with E-state index in [2.05, 4.69) is 59.0 Å². The number of hydrogen-bond acceptors (Lipinski definition) is 2. The van der Waals surface area contributed by atoms with Crippen LogP contribution in [0, 0.1) is 13.8 Å². The lowest BCUT2D eigenvalue weighted by molar-refractivity contribution is 0.699. The third-order valence-electron chi connectivity index (χ3n) is 3.09. The minimum absolute atomic E-state index is 0.0337. The number of aromatic nitrogens is 1. The van der Waals surface area contributed by atoms with E-state index in [1.165, 1.54) is 11.1 Å². The number of benzene rings is 1. The van der Waals surface area contributed by atoms with Crippen molar-refractivity contribution >= 4 is 15.9 Å². The van der Waals surface area contributed by atoms with Crippen LogP contribution in [0.5, 0.6) is 0 Å². The zero-order chi connectivity index (χ0) is 13.1. The Morgan fingerprint density at radius 2 is 2.06 bits per heavy atom. The van der Waals surface area contributed by atoms with Crippen LogP contribution in [0.3, 0.4) is 0 Å². The van der Waals surface area contributed by atoms with E-state index in [-0.39, 0.29) is 6.04 Å². The summed E-state index contributed by atoms with van der Waals surface area (Å²) in [6, 6.07) is 10.3. The molecule has 18 heavy (non-hydrogen) atoms. The third-order valence-corrected chi connectivity index (χ3v) is 3.77. The Hall–Kier alpha value is -1.19. The van der Waals surface area contributed by atoms with E-state index >= 15 is 0 Å². The van der Waals surface area contributed by atoms with Gasteiger partial charge in [-0.15, -0.1) is 0 Å². The van der Waals surface area contributed by atoms with E-state index < -0.39 is 0 Å². The first-order valence-corrected chi connectivity index (χ1v) is 6.79. The predicted octanol–water partition coefficient (Wildman–Crippen LogP) is 3.70. The fourth-order valence-corrected chi connectivity index (χ4v) is 2.77. The topological polar surface area (TPSA) is 38.9 Å². The first kappa shape index (κ1) is 13.2. The van der Waals surface area contributed by atoms with E-state index in [9.17, 15) is 0 Å². The van der Waals surface area contributed by atoms with Crippen LogP contribution in [0.1, 0.15) is 28.4 Å². The minimum atomic E-state index is -0.0337. The van der Waals surface area contributed by atoms with E-state index in [1.807, 2.05) is 12.3 Å². The second-order valence-corrected chi connectivity index (χ2v) is 5.46. The molecule has 2 aromatic rings. The van der Waals surface area contributed by atoms with Crippen LogP contribution in [0.4, 0.5) is 0 Å². The van der Waals surface area contributed by atoms with Crippen molar-refractivity contribution in [1.29, 1.82) is 0 Å². The largest absolute Gasteiger partial charge is 0.324 e. The maximum atomic E-state index is 6.28. The Labute approximate surface area is 116 Å². The summed E-state index contributed by atoms with van der Waals surface area (Å²) in [5, 5.41) is 0. The zero-order valence-corrected chi connectivity index (χ0v) is 12.2. The van der Waals surface area contributed by atoms with Gasteiger partial charge in [0, 0.05) is 28.8 Å². The fraction of sp³-hybridized carbons (Fsp3) is 0.267. The molecule has 2 nitrogen and oxygen atoms in total. The quantitative estimate of drug-likeness (QED) is 0.939. The molecule has 94 valence electrons. The number of aryl methyl sites for hydroxylation is 2. The van der Waals surface area contributed by atoms with Gasteiger partial charge in [0.15, 0.2) is 0 Å². The van der Waals surface area contributed by atoms with Crippen molar-refractivity contribution in [2.24, 2.45) is 5.73 Å². The van der Waals surface area contributed by atoms with Crippen LogP contribution in [0.2, 0.25) is 0 Å². The SMILES string of the molecule is Cc1ccc(C(N)Cc2ncccc2C)c(Br)c1. The van der Waals surface area contributed by atoms with E-state index in [4.69, 9.17) is 5.73 Å². The summed E-state index contributed by atoms with van der Waals surface area (Å²) >= 11 is 3.58. The number of halogens is 1. The average molecular weight is 305 g/mol. The molecule has 0 spiro atoms. The Kier molecular flexibility index (Phi) is 4.15. The highest BCUT2D eigenvalue weighted by Gasteiger charge is 2.12. The van der Waals surface area contributed by atoms with Gasteiger partial charge in [-0.2, -0.15) is 0 Å². The summed E-state index contributed by atoms with van der Waals surface area (Å²) in [5.74, 6) is 0. The molecule has 0 saturated carbocycles. The van der Waals surface area contributed by atoms with E-state index in [0.29, 0.717) is 0 Å². The number of pyridine rings is 1. The minimum Gasteiger partial charge on any atom is -0.324 e. The fourth-order valence-electron chi connectivity index (χ4n) is 1.98. The highest BCUT2D eigenvalue weighted by molar-refractivity contribution is 9.10. The molecule has 2 N–H and O–H groups in total. The number of hydrogen-bond donors (Lipinski definition) is 1. The first-order chi connectivity index (χ1) is 8.58. The van der Waals surface area contributed by atoms with Gasteiger partial charge in [-0.3, -0.25) is 4.98 Å². The second kappa shape index (κ2) is 5.63. The summed E-state index contributed by atoms with van der Waals surface area (Å²) in [4.78, 5) is 4.40. The summed E-state index contributed by atoms with van der Waals surface area (Å²) in [6.07, 6.45) is 2.58. The average Bonchev–Trinajstić information content (AvgIpc) is 2.32. The maximum absolute atomic E-state index is 6.28. The van der Waals surface area contributed by atoms with E-state index in [1.54, 1.807) is 0 Å². The second-order valence-electron chi connectivity index (χ2n) is 4.60. The Balaban J connectivity index is 2.22. The molecule has 3 heteroatoms. The molecule has 0 fully saturated rings. The molecule has 2 rings (SSSR count). The van der Waals surface area contributed by atoms with Crippen molar-refractivity contribution < 1.29 is 0 Å². The van der Waals surface area contributed by atoms with E-state index in [0.717, 1.165) is 22.2 Å². The van der Waals surface area contributed by atoms with Gasteiger partial charge >= 0.3 is 0 Å². The Morgan fingerprint density at radius 3 is 2.72 bits per heavy atom. The lowest BCUT2D eigenvalue weighted by atomic mass is 10.00. The molecule has 0 bridgehead atoms. The third kappa shape index (κ3) is 2.98. The van der Waals surface area contributed by atoms with Gasteiger partial charge in [0.25, 0.3) is 0 Å². The molecule has 1 heterocycles. The van der Waals surface area contributed by atoms with Gasteiger partial charge in [0.05, 0.1) is 0 Å². The molecule has 0 radical (unpaired) electrons. The molecule has 1 aromatic carbocycles. The molecule has 1 unspecified atom stereocenters. The van der Waals surface area contributed by atoms with Crippen LogP contribution in [-0.4, -0.2) is 4.98 Å². The van der Waals surface area contributed by atoms with Crippen LogP contribution in [-0.2, 0) is 6.42 Å². The van der Waals surface area contributed by atoms with Crippen LogP contribution in [0.15, 0.2) is 41.0 Å². The Bertz CT molecular complexity index is 552. The van der Waals surface area contributed by atoms with Crippen molar-refractivity contribution in [2.75, 3.05) is 0 Å². The van der Waals surface area contributed by atoms with Gasteiger partial charge in [0.1, 0.15) is 0 Å². The molecule has 0 aliphatic carbocycles. The molecular weight excluding hydrogens is 288 g/mol. The molecular formula is C15H17BrN2. The van der Waals surface area contributed by atoms with Crippen molar-refractivity contribution in [2.45, 2.75) is 26.3 Å². The first-order valence-electron chi connectivity index (χ1n) is 6.00. The lowest BCUT2D eigenvalue weighted by Gasteiger charge is -2.15. The number of nitrogens with two attached hydrogens (primary N) is 1. The monoisotopic (exact) mass is 304 g/mol. The molecule has 0 aliphatic rings. The standard InChI is InChI=1S/C15H17BrN2/c1-10-5-6-12(13(16)8-10)14(17)9-15-11(2)4-3-7-18-15/h3-8,14H,9,17H2,1-2H3. The summed E-state index contributed by atoms with van der Waals surface area (Å²) in [6.45, 7) is 4.14. The molecule has 0 aliphatic heterocycles. The molecule has 0 amide bonds. The van der Waals surface area contributed by atoms with Crippen molar-refractivity contribution in [3.05, 3.63) is 63.4 Å². The van der Waals surface area contributed by atoms with Gasteiger partial charge in [-0.25, -0.2) is 0 Å². The highest BCUT2D eigenvalue weighted by Crippen LogP contribution is 2.25. The predicted molar refractivity (Wildman–Crippen MR) is 78.5 cm³/mol. The van der Waals surface area contributed by atoms with Crippen molar-refractivity contribution in [3.63, 3.8) is 0 Å². The molecule has 1 atom stereocenters. The van der Waals surface area contributed by atoms with Crippen LogP contribution >= 0.6 is 15.9 Å².